The second-order valence-electron chi connectivity index (χ2n) is 6.80. The molecule has 27 heavy (non-hydrogen) atoms. The summed E-state index contributed by atoms with van der Waals surface area (Å²) in [5.41, 5.74) is 5.49. The maximum absolute atomic E-state index is 13.1. The van der Waals surface area contributed by atoms with Crippen LogP contribution in [0.15, 0.2) is 65.4 Å². The number of amides is 1. The van der Waals surface area contributed by atoms with Crippen molar-refractivity contribution in [3.8, 4) is 0 Å². The van der Waals surface area contributed by atoms with Crippen molar-refractivity contribution in [1.29, 1.82) is 0 Å². The zero-order valence-electron chi connectivity index (χ0n) is 16.1. The second-order valence-corrected chi connectivity index (χ2v) is 6.80. The van der Waals surface area contributed by atoms with E-state index in [1.165, 1.54) is 7.11 Å². The lowest BCUT2D eigenvalue weighted by molar-refractivity contribution is -0.136. The summed E-state index contributed by atoms with van der Waals surface area (Å²) in [6.07, 6.45) is 1.76. The van der Waals surface area contributed by atoms with Gasteiger partial charge in [-0.05, 0) is 38.0 Å². The minimum atomic E-state index is -0.495. The molecule has 0 saturated heterocycles. The smallest absolute Gasteiger partial charge is 0.340 e. The van der Waals surface area contributed by atoms with Crippen LogP contribution in [0.3, 0.4) is 0 Å². The van der Waals surface area contributed by atoms with Crippen LogP contribution in [0, 0.1) is 13.8 Å². The van der Waals surface area contributed by atoms with Gasteiger partial charge in [0.2, 0.25) is 0 Å². The van der Waals surface area contributed by atoms with Gasteiger partial charge in [-0.1, -0.05) is 59.7 Å². The molecule has 2 aromatic carbocycles. The zero-order valence-corrected chi connectivity index (χ0v) is 16.1. The highest BCUT2D eigenvalue weighted by Crippen LogP contribution is 2.32. The highest BCUT2D eigenvalue weighted by molar-refractivity contribution is 6.16. The van der Waals surface area contributed by atoms with E-state index in [9.17, 15) is 9.59 Å². The Morgan fingerprint density at radius 2 is 1.52 bits per heavy atom. The molecule has 4 nitrogen and oxygen atoms in total. The fourth-order valence-corrected chi connectivity index (χ4v) is 3.12. The molecule has 0 N–H and O–H groups in total. The van der Waals surface area contributed by atoms with Crippen LogP contribution in [0.1, 0.15) is 29.2 Å². The minimum absolute atomic E-state index is 0.186. The van der Waals surface area contributed by atoms with Gasteiger partial charge in [0.05, 0.1) is 24.8 Å². The van der Waals surface area contributed by atoms with E-state index in [1.807, 2.05) is 62.4 Å². The fraction of sp³-hybridized carbons (Fsp3) is 0.217. The molecule has 3 rings (SSSR count). The first-order chi connectivity index (χ1) is 12.9. The van der Waals surface area contributed by atoms with Crippen molar-refractivity contribution in [2.24, 2.45) is 0 Å². The molecule has 0 spiro atoms. The number of aryl methyl sites for hydroxylation is 2. The number of carbonyl (C=O) groups excluding carboxylic acids is 2. The molecule has 0 atom stereocenters. The lowest BCUT2D eigenvalue weighted by Crippen LogP contribution is -2.24. The number of hydrogen-bond donors (Lipinski definition) is 0. The lowest BCUT2D eigenvalue weighted by Gasteiger charge is -2.18. The number of esters is 1. The number of carbonyl (C=O) groups is 2. The van der Waals surface area contributed by atoms with E-state index in [1.54, 1.807) is 17.9 Å². The van der Waals surface area contributed by atoms with Crippen molar-refractivity contribution in [2.75, 3.05) is 7.11 Å². The topological polar surface area (TPSA) is 46.6 Å². The molecule has 1 aliphatic heterocycles. The number of nitrogens with zero attached hydrogens (tertiary/aromatic N) is 1. The Labute approximate surface area is 159 Å². The van der Waals surface area contributed by atoms with E-state index < -0.39 is 5.97 Å². The monoisotopic (exact) mass is 361 g/mol. The zero-order chi connectivity index (χ0) is 19.6. The van der Waals surface area contributed by atoms with E-state index in [0.29, 0.717) is 23.4 Å². The number of hydrogen-bond acceptors (Lipinski definition) is 3. The third-order valence-corrected chi connectivity index (χ3v) is 4.75. The van der Waals surface area contributed by atoms with Crippen molar-refractivity contribution >= 4 is 18.0 Å². The molecule has 0 unspecified atom stereocenters. The van der Waals surface area contributed by atoms with Gasteiger partial charge in [0.1, 0.15) is 0 Å². The number of methoxy groups -OCH3 is 1. The van der Waals surface area contributed by atoms with E-state index in [4.69, 9.17) is 4.74 Å². The molecule has 0 fully saturated rings. The van der Waals surface area contributed by atoms with Gasteiger partial charge in [0.15, 0.2) is 0 Å². The van der Waals surface area contributed by atoms with Crippen LogP contribution in [0.2, 0.25) is 0 Å². The Morgan fingerprint density at radius 1 is 0.963 bits per heavy atom. The van der Waals surface area contributed by atoms with E-state index in [0.717, 1.165) is 22.3 Å². The van der Waals surface area contributed by atoms with Crippen molar-refractivity contribution in [2.45, 2.75) is 27.3 Å². The Morgan fingerprint density at radius 3 is 2.07 bits per heavy atom. The largest absolute Gasteiger partial charge is 0.465 e. The summed E-state index contributed by atoms with van der Waals surface area (Å²) in [5.74, 6) is -0.681. The predicted molar refractivity (Wildman–Crippen MR) is 106 cm³/mol. The van der Waals surface area contributed by atoms with E-state index in [-0.39, 0.29) is 5.91 Å². The average Bonchev–Trinajstić information content (AvgIpc) is 2.89. The quantitative estimate of drug-likeness (QED) is 0.606. The molecular weight excluding hydrogens is 338 g/mol. The number of rotatable bonds is 4. The van der Waals surface area contributed by atoms with Crippen molar-refractivity contribution < 1.29 is 14.3 Å². The lowest BCUT2D eigenvalue weighted by atomic mass is 10.0. The molecule has 1 heterocycles. The van der Waals surface area contributed by atoms with Gasteiger partial charge in [0, 0.05) is 5.70 Å². The minimum Gasteiger partial charge on any atom is -0.465 e. The molecule has 1 amide bonds. The molecule has 0 aromatic heterocycles. The first-order valence-electron chi connectivity index (χ1n) is 8.86. The molecule has 1 aliphatic rings. The van der Waals surface area contributed by atoms with Crippen molar-refractivity contribution in [3.63, 3.8) is 0 Å². The number of benzene rings is 2. The predicted octanol–water partition coefficient (Wildman–Crippen LogP) is 4.18. The van der Waals surface area contributed by atoms with Gasteiger partial charge in [-0.15, -0.1) is 0 Å². The molecule has 0 bridgehead atoms. The fourth-order valence-electron chi connectivity index (χ4n) is 3.12. The van der Waals surface area contributed by atoms with Crippen molar-refractivity contribution in [3.05, 3.63) is 87.6 Å². The molecule has 4 heteroatoms. The average molecular weight is 361 g/mol. The van der Waals surface area contributed by atoms with Gasteiger partial charge >= 0.3 is 5.97 Å². The molecule has 0 saturated carbocycles. The van der Waals surface area contributed by atoms with Gasteiger partial charge in [0.25, 0.3) is 5.91 Å². The molecule has 0 radical (unpaired) electrons. The Balaban J connectivity index is 2.00. The number of allylic oxidation sites excluding steroid dienone is 1. The van der Waals surface area contributed by atoms with Gasteiger partial charge in [-0.3, -0.25) is 4.79 Å². The molecule has 138 valence electrons. The highest BCUT2D eigenvalue weighted by Gasteiger charge is 2.36. The summed E-state index contributed by atoms with van der Waals surface area (Å²) in [6, 6.07) is 15.8. The van der Waals surface area contributed by atoms with Crippen LogP contribution in [0.5, 0.6) is 0 Å². The Hall–Kier alpha value is -3.14. The van der Waals surface area contributed by atoms with E-state index in [2.05, 4.69) is 0 Å². The summed E-state index contributed by atoms with van der Waals surface area (Å²) >= 11 is 0. The standard InChI is InChI=1S/C23H23NO3/c1-15-5-9-18(10-6-15)13-20-21(23(26)27-4)17(3)24(22(20)25)14-19-11-7-16(2)8-12-19/h5-13H,14H2,1-4H3/b20-13-. The molecule has 0 aliphatic carbocycles. The number of ether oxygens (including phenoxy) is 1. The summed E-state index contributed by atoms with van der Waals surface area (Å²) in [6.45, 7) is 6.23. The van der Waals surface area contributed by atoms with Gasteiger partial charge in [-0.25, -0.2) is 4.79 Å². The van der Waals surface area contributed by atoms with Crippen LogP contribution in [0.4, 0.5) is 0 Å². The normalized spacial score (nSPS) is 15.6. The van der Waals surface area contributed by atoms with Crippen LogP contribution < -0.4 is 0 Å². The molecule has 2 aromatic rings. The Bertz CT molecular complexity index is 935. The highest BCUT2D eigenvalue weighted by atomic mass is 16.5. The summed E-state index contributed by atoms with van der Waals surface area (Å²) < 4.78 is 4.94. The van der Waals surface area contributed by atoms with Crippen molar-refractivity contribution in [1.82, 2.24) is 4.90 Å². The summed E-state index contributed by atoms with van der Waals surface area (Å²) in [5, 5.41) is 0. The summed E-state index contributed by atoms with van der Waals surface area (Å²) in [4.78, 5) is 27.1. The summed E-state index contributed by atoms with van der Waals surface area (Å²) in [7, 11) is 1.33. The first kappa shape index (κ1) is 18.6. The van der Waals surface area contributed by atoms with Crippen LogP contribution in [0.25, 0.3) is 6.08 Å². The SMILES string of the molecule is COC(=O)C1=C(C)N(Cc2ccc(C)cc2)C(=O)/C1=C\c1ccc(C)cc1. The van der Waals surface area contributed by atoms with E-state index >= 15 is 0 Å². The molecular formula is C23H23NO3. The van der Waals surface area contributed by atoms with Gasteiger partial charge in [-0.2, -0.15) is 0 Å². The van der Waals surface area contributed by atoms with Crippen LogP contribution >= 0.6 is 0 Å². The first-order valence-corrected chi connectivity index (χ1v) is 8.86. The Kier molecular flexibility index (Phi) is 5.26. The van der Waals surface area contributed by atoms with Crippen LogP contribution in [-0.4, -0.2) is 23.9 Å². The van der Waals surface area contributed by atoms with Crippen LogP contribution in [-0.2, 0) is 20.9 Å². The third-order valence-electron chi connectivity index (χ3n) is 4.75. The maximum Gasteiger partial charge on any atom is 0.340 e. The second kappa shape index (κ2) is 7.62. The third kappa shape index (κ3) is 3.85. The van der Waals surface area contributed by atoms with Gasteiger partial charge < -0.3 is 9.64 Å². The maximum atomic E-state index is 13.1.